The average Bonchev–Trinajstić information content (AvgIpc) is 2.61. The summed E-state index contributed by atoms with van der Waals surface area (Å²) in [4.78, 5) is 20.8. The van der Waals surface area contributed by atoms with E-state index in [0.29, 0.717) is 11.5 Å². The van der Waals surface area contributed by atoms with Gasteiger partial charge in [-0.3, -0.25) is 4.79 Å². The molecule has 3 rings (SSSR count). The van der Waals surface area contributed by atoms with Crippen LogP contribution in [-0.2, 0) is 0 Å². The van der Waals surface area contributed by atoms with Crippen molar-refractivity contribution in [3.8, 4) is 0 Å². The monoisotopic (exact) mass is 332 g/mol. The number of hydrogen-bond acceptors (Lipinski definition) is 4. The summed E-state index contributed by atoms with van der Waals surface area (Å²) in [6.45, 7) is 6.05. The minimum Gasteiger partial charge on any atom is -0.324 e. The van der Waals surface area contributed by atoms with Gasteiger partial charge < -0.3 is 10.6 Å². The number of nitrogens with zero attached hydrogens (tertiary/aromatic N) is 2. The lowest BCUT2D eigenvalue weighted by atomic mass is 10.1. The SMILES string of the molecule is Cc1ccc(NC(=O)c2cnc(Nc3c(C)cccc3C)nc2)cc1. The van der Waals surface area contributed by atoms with E-state index in [1.807, 2.05) is 63.2 Å². The van der Waals surface area contributed by atoms with Crippen LogP contribution in [0.5, 0.6) is 0 Å². The van der Waals surface area contributed by atoms with Crippen LogP contribution >= 0.6 is 0 Å². The summed E-state index contributed by atoms with van der Waals surface area (Å²) in [6, 6.07) is 13.7. The van der Waals surface area contributed by atoms with Crippen LogP contribution < -0.4 is 10.6 Å². The van der Waals surface area contributed by atoms with Crippen molar-refractivity contribution in [2.45, 2.75) is 20.8 Å². The molecule has 1 heterocycles. The van der Waals surface area contributed by atoms with E-state index >= 15 is 0 Å². The average molecular weight is 332 g/mol. The number of nitrogens with one attached hydrogen (secondary N) is 2. The van der Waals surface area contributed by atoms with Gasteiger partial charge in [-0.2, -0.15) is 0 Å². The molecular weight excluding hydrogens is 312 g/mol. The highest BCUT2D eigenvalue weighted by molar-refractivity contribution is 6.03. The van der Waals surface area contributed by atoms with Crippen molar-refractivity contribution >= 4 is 23.2 Å². The molecule has 0 saturated carbocycles. The number of carbonyl (C=O) groups excluding carboxylic acids is 1. The molecule has 0 aliphatic heterocycles. The van der Waals surface area contributed by atoms with Gasteiger partial charge in [0.1, 0.15) is 0 Å². The Morgan fingerprint density at radius 3 is 2.08 bits per heavy atom. The van der Waals surface area contributed by atoms with Crippen LogP contribution in [-0.4, -0.2) is 15.9 Å². The fraction of sp³-hybridized carbons (Fsp3) is 0.150. The maximum atomic E-state index is 12.3. The largest absolute Gasteiger partial charge is 0.324 e. The highest BCUT2D eigenvalue weighted by Gasteiger charge is 2.09. The quantitative estimate of drug-likeness (QED) is 0.743. The summed E-state index contributed by atoms with van der Waals surface area (Å²) in [5.41, 5.74) is 5.51. The molecule has 1 amide bonds. The van der Waals surface area contributed by atoms with Gasteiger partial charge in [-0.1, -0.05) is 35.9 Å². The standard InChI is InChI=1S/C20H20N4O/c1-13-7-9-17(10-8-13)23-19(25)16-11-21-20(22-12-16)24-18-14(2)5-4-6-15(18)3/h4-12H,1-3H3,(H,23,25)(H,21,22,24). The van der Waals surface area contributed by atoms with Crippen molar-refractivity contribution in [2.75, 3.05) is 10.6 Å². The van der Waals surface area contributed by atoms with E-state index in [-0.39, 0.29) is 5.91 Å². The molecule has 0 aliphatic rings. The van der Waals surface area contributed by atoms with Gasteiger partial charge in [0.05, 0.1) is 5.56 Å². The summed E-state index contributed by atoms with van der Waals surface area (Å²) < 4.78 is 0. The zero-order valence-corrected chi connectivity index (χ0v) is 14.5. The first kappa shape index (κ1) is 16.6. The maximum absolute atomic E-state index is 12.3. The van der Waals surface area contributed by atoms with Crippen LogP contribution in [0.2, 0.25) is 0 Å². The van der Waals surface area contributed by atoms with Crippen molar-refractivity contribution in [3.05, 3.63) is 77.1 Å². The Balaban J connectivity index is 1.71. The van der Waals surface area contributed by atoms with Crippen molar-refractivity contribution < 1.29 is 4.79 Å². The van der Waals surface area contributed by atoms with Gasteiger partial charge in [0.25, 0.3) is 5.91 Å². The van der Waals surface area contributed by atoms with Gasteiger partial charge in [0, 0.05) is 23.8 Å². The molecule has 2 N–H and O–H groups in total. The van der Waals surface area contributed by atoms with Crippen LogP contribution in [0.15, 0.2) is 54.9 Å². The summed E-state index contributed by atoms with van der Waals surface area (Å²) >= 11 is 0. The Bertz CT molecular complexity index is 866. The second-order valence-electron chi connectivity index (χ2n) is 6.01. The molecule has 0 aliphatic carbocycles. The third-order valence-electron chi connectivity index (χ3n) is 3.94. The molecule has 5 heteroatoms. The minimum absolute atomic E-state index is 0.234. The van der Waals surface area contributed by atoms with Crippen LogP contribution in [0.25, 0.3) is 0 Å². The maximum Gasteiger partial charge on any atom is 0.258 e. The topological polar surface area (TPSA) is 66.9 Å². The second-order valence-corrected chi connectivity index (χ2v) is 6.01. The van der Waals surface area contributed by atoms with E-state index < -0.39 is 0 Å². The van der Waals surface area contributed by atoms with Crippen molar-refractivity contribution in [2.24, 2.45) is 0 Å². The number of amides is 1. The van der Waals surface area contributed by atoms with E-state index in [2.05, 4.69) is 20.6 Å². The van der Waals surface area contributed by atoms with Crippen molar-refractivity contribution in [3.63, 3.8) is 0 Å². The first-order valence-corrected chi connectivity index (χ1v) is 8.06. The van der Waals surface area contributed by atoms with Gasteiger partial charge in [-0.15, -0.1) is 0 Å². The molecule has 0 fully saturated rings. The van der Waals surface area contributed by atoms with Crippen LogP contribution in [0.3, 0.4) is 0 Å². The third kappa shape index (κ3) is 4.01. The van der Waals surface area contributed by atoms with Gasteiger partial charge in [-0.25, -0.2) is 9.97 Å². The lowest BCUT2D eigenvalue weighted by Crippen LogP contribution is -2.13. The number of aromatic nitrogens is 2. The predicted molar refractivity (Wildman–Crippen MR) is 100 cm³/mol. The number of benzene rings is 2. The zero-order valence-electron chi connectivity index (χ0n) is 14.5. The normalized spacial score (nSPS) is 10.4. The second kappa shape index (κ2) is 7.13. The molecule has 2 aromatic carbocycles. The predicted octanol–water partition coefficient (Wildman–Crippen LogP) is 4.40. The Labute approximate surface area is 147 Å². The Morgan fingerprint density at radius 1 is 0.880 bits per heavy atom. The number of para-hydroxylation sites is 1. The number of rotatable bonds is 4. The van der Waals surface area contributed by atoms with E-state index in [0.717, 1.165) is 28.1 Å². The van der Waals surface area contributed by atoms with Gasteiger partial charge in [0.2, 0.25) is 5.95 Å². The lowest BCUT2D eigenvalue weighted by molar-refractivity contribution is 0.102. The minimum atomic E-state index is -0.234. The van der Waals surface area contributed by atoms with Gasteiger partial charge in [0.15, 0.2) is 0 Å². The fourth-order valence-corrected chi connectivity index (χ4v) is 2.47. The molecule has 0 unspecified atom stereocenters. The zero-order chi connectivity index (χ0) is 17.8. The third-order valence-corrected chi connectivity index (χ3v) is 3.94. The molecule has 0 bridgehead atoms. The van der Waals surface area contributed by atoms with Crippen LogP contribution in [0.4, 0.5) is 17.3 Å². The highest BCUT2D eigenvalue weighted by atomic mass is 16.1. The fourth-order valence-electron chi connectivity index (χ4n) is 2.47. The van der Waals surface area contributed by atoms with Crippen LogP contribution in [0, 0.1) is 20.8 Å². The summed E-state index contributed by atoms with van der Waals surface area (Å²) in [5.74, 6) is 0.228. The highest BCUT2D eigenvalue weighted by Crippen LogP contribution is 2.22. The number of anilines is 3. The smallest absolute Gasteiger partial charge is 0.258 e. The molecule has 5 nitrogen and oxygen atoms in total. The Hall–Kier alpha value is -3.21. The summed E-state index contributed by atoms with van der Waals surface area (Å²) in [6.07, 6.45) is 3.04. The molecular formula is C20H20N4O. The molecule has 25 heavy (non-hydrogen) atoms. The Morgan fingerprint density at radius 2 is 1.48 bits per heavy atom. The number of carbonyl (C=O) groups is 1. The molecule has 0 saturated heterocycles. The molecule has 0 spiro atoms. The molecule has 0 radical (unpaired) electrons. The van der Waals surface area contributed by atoms with E-state index in [9.17, 15) is 4.79 Å². The number of hydrogen-bond donors (Lipinski definition) is 2. The van der Waals surface area contributed by atoms with E-state index in [1.54, 1.807) is 0 Å². The van der Waals surface area contributed by atoms with Gasteiger partial charge >= 0.3 is 0 Å². The number of aryl methyl sites for hydroxylation is 3. The van der Waals surface area contributed by atoms with Crippen LogP contribution in [0.1, 0.15) is 27.0 Å². The molecule has 126 valence electrons. The first-order chi connectivity index (χ1) is 12.0. The summed E-state index contributed by atoms with van der Waals surface area (Å²) in [7, 11) is 0. The molecule has 0 atom stereocenters. The summed E-state index contributed by atoms with van der Waals surface area (Å²) in [5, 5.41) is 6.04. The van der Waals surface area contributed by atoms with Crippen molar-refractivity contribution in [1.82, 2.24) is 9.97 Å². The Kier molecular flexibility index (Phi) is 4.75. The van der Waals surface area contributed by atoms with Crippen molar-refractivity contribution in [1.29, 1.82) is 0 Å². The van der Waals surface area contributed by atoms with E-state index in [4.69, 9.17) is 0 Å². The first-order valence-electron chi connectivity index (χ1n) is 8.06. The molecule has 1 aromatic heterocycles. The van der Waals surface area contributed by atoms with Gasteiger partial charge in [-0.05, 0) is 44.0 Å². The lowest BCUT2D eigenvalue weighted by Gasteiger charge is -2.11. The van der Waals surface area contributed by atoms with E-state index in [1.165, 1.54) is 12.4 Å². The molecule has 3 aromatic rings.